The number of hydrogen-bond donors (Lipinski definition) is 1. The van der Waals surface area contributed by atoms with Gasteiger partial charge < -0.3 is 19.5 Å². The van der Waals surface area contributed by atoms with Crippen LogP contribution in [-0.2, 0) is 9.47 Å². The van der Waals surface area contributed by atoms with Crippen molar-refractivity contribution in [2.75, 3.05) is 40.1 Å². The lowest BCUT2D eigenvalue weighted by Crippen LogP contribution is -2.19. The maximum Gasteiger partial charge on any atom is 0.124 e. The second kappa shape index (κ2) is 10.7. The van der Waals surface area contributed by atoms with Gasteiger partial charge in [0.15, 0.2) is 0 Å². The molecule has 1 atom stereocenters. The van der Waals surface area contributed by atoms with Gasteiger partial charge in [-0.1, -0.05) is 25.1 Å². The van der Waals surface area contributed by atoms with Crippen molar-refractivity contribution in [1.82, 2.24) is 5.32 Å². The van der Waals surface area contributed by atoms with Crippen LogP contribution < -0.4 is 10.1 Å². The third kappa shape index (κ3) is 6.37. The van der Waals surface area contributed by atoms with Crippen molar-refractivity contribution in [2.24, 2.45) is 0 Å². The lowest BCUT2D eigenvalue weighted by Gasteiger charge is -2.17. The van der Waals surface area contributed by atoms with E-state index in [0.29, 0.717) is 25.9 Å². The van der Waals surface area contributed by atoms with Crippen LogP contribution in [0.1, 0.15) is 31.9 Å². The summed E-state index contributed by atoms with van der Waals surface area (Å²) in [4.78, 5) is 0. The first-order valence-electron chi connectivity index (χ1n) is 7.31. The Kier molecular flexibility index (Phi) is 9.04. The molecule has 0 bridgehead atoms. The Morgan fingerprint density at radius 3 is 2.65 bits per heavy atom. The Balaban J connectivity index is 2.32. The summed E-state index contributed by atoms with van der Waals surface area (Å²) < 4.78 is 16.3. The van der Waals surface area contributed by atoms with Crippen LogP contribution in [0.5, 0.6) is 5.75 Å². The van der Waals surface area contributed by atoms with Gasteiger partial charge in [0.2, 0.25) is 0 Å². The second-order valence-corrected chi connectivity index (χ2v) is 4.62. The van der Waals surface area contributed by atoms with Crippen molar-refractivity contribution >= 4 is 0 Å². The fourth-order valence-electron chi connectivity index (χ4n) is 2.00. The standard InChI is InChI=1S/C16H27NO3/c1-4-17-14(2)15-8-5-6-9-16(15)20-13-12-19-11-7-10-18-3/h5-6,8-9,14,17H,4,7,10-13H2,1-3H3. The number of rotatable bonds is 11. The van der Waals surface area contributed by atoms with Crippen LogP contribution >= 0.6 is 0 Å². The molecule has 0 aliphatic rings. The highest BCUT2D eigenvalue weighted by molar-refractivity contribution is 5.35. The van der Waals surface area contributed by atoms with Gasteiger partial charge >= 0.3 is 0 Å². The lowest BCUT2D eigenvalue weighted by molar-refractivity contribution is 0.0803. The Bertz CT molecular complexity index is 357. The SMILES string of the molecule is CCNC(C)c1ccccc1OCCOCCCOC. The summed E-state index contributed by atoms with van der Waals surface area (Å²) in [6, 6.07) is 8.43. The van der Waals surface area contributed by atoms with Gasteiger partial charge in [0.05, 0.1) is 6.61 Å². The average Bonchev–Trinajstić information content (AvgIpc) is 2.47. The number of nitrogens with one attached hydrogen (secondary N) is 1. The molecule has 1 aromatic rings. The summed E-state index contributed by atoms with van der Waals surface area (Å²) in [6.45, 7) is 7.83. The highest BCUT2D eigenvalue weighted by Gasteiger charge is 2.09. The van der Waals surface area contributed by atoms with Crippen LogP contribution in [0.4, 0.5) is 0 Å². The normalized spacial score (nSPS) is 12.3. The van der Waals surface area contributed by atoms with Gasteiger partial charge in [-0.15, -0.1) is 0 Å². The third-order valence-electron chi connectivity index (χ3n) is 3.02. The molecule has 1 N–H and O–H groups in total. The Morgan fingerprint density at radius 1 is 1.10 bits per heavy atom. The van der Waals surface area contributed by atoms with Gasteiger partial charge in [-0.05, 0) is 26.0 Å². The number of hydrogen-bond acceptors (Lipinski definition) is 4. The Morgan fingerprint density at radius 2 is 1.90 bits per heavy atom. The van der Waals surface area contributed by atoms with E-state index in [9.17, 15) is 0 Å². The van der Waals surface area contributed by atoms with Crippen LogP contribution in [0, 0.1) is 0 Å². The second-order valence-electron chi connectivity index (χ2n) is 4.62. The van der Waals surface area contributed by atoms with Crippen LogP contribution in [0.25, 0.3) is 0 Å². The van der Waals surface area contributed by atoms with Crippen LogP contribution in [0.3, 0.4) is 0 Å². The highest BCUT2D eigenvalue weighted by atomic mass is 16.5. The molecule has 4 heteroatoms. The first-order valence-corrected chi connectivity index (χ1v) is 7.31. The molecule has 20 heavy (non-hydrogen) atoms. The molecular weight excluding hydrogens is 254 g/mol. The van der Waals surface area contributed by atoms with Gasteiger partial charge in [0.25, 0.3) is 0 Å². The van der Waals surface area contributed by atoms with Gasteiger partial charge in [-0.25, -0.2) is 0 Å². The molecule has 0 aliphatic carbocycles. The summed E-state index contributed by atoms with van der Waals surface area (Å²) in [6.07, 6.45) is 0.921. The fraction of sp³-hybridized carbons (Fsp3) is 0.625. The zero-order chi connectivity index (χ0) is 14.6. The minimum Gasteiger partial charge on any atom is -0.491 e. The highest BCUT2D eigenvalue weighted by Crippen LogP contribution is 2.24. The van der Waals surface area contributed by atoms with Crippen molar-refractivity contribution in [3.8, 4) is 5.75 Å². The molecule has 1 unspecified atom stereocenters. The van der Waals surface area contributed by atoms with Crippen LogP contribution in [0.2, 0.25) is 0 Å². The van der Waals surface area contributed by atoms with E-state index in [1.54, 1.807) is 7.11 Å². The molecule has 0 aromatic heterocycles. The summed E-state index contributed by atoms with van der Waals surface area (Å²) in [7, 11) is 1.70. The van der Waals surface area contributed by atoms with E-state index in [-0.39, 0.29) is 0 Å². The van der Waals surface area contributed by atoms with E-state index in [1.165, 1.54) is 5.56 Å². The lowest BCUT2D eigenvalue weighted by atomic mass is 10.1. The zero-order valence-electron chi connectivity index (χ0n) is 12.9. The van der Waals surface area contributed by atoms with Gasteiger partial charge in [0, 0.05) is 31.9 Å². The number of ether oxygens (including phenoxy) is 3. The maximum atomic E-state index is 5.81. The summed E-state index contributed by atoms with van der Waals surface area (Å²) in [5, 5.41) is 3.40. The number of para-hydroxylation sites is 1. The van der Waals surface area contributed by atoms with E-state index in [0.717, 1.165) is 25.3 Å². The van der Waals surface area contributed by atoms with E-state index in [4.69, 9.17) is 14.2 Å². The number of methoxy groups -OCH3 is 1. The molecule has 0 fully saturated rings. The summed E-state index contributed by atoms with van der Waals surface area (Å²) >= 11 is 0. The maximum absolute atomic E-state index is 5.81. The topological polar surface area (TPSA) is 39.7 Å². The van der Waals surface area contributed by atoms with Crippen molar-refractivity contribution in [1.29, 1.82) is 0 Å². The molecule has 1 rings (SSSR count). The minimum absolute atomic E-state index is 0.291. The smallest absolute Gasteiger partial charge is 0.124 e. The minimum atomic E-state index is 0.291. The predicted octanol–water partition coefficient (Wildman–Crippen LogP) is 2.79. The molecule has 0 amide bonds. The predicted molar refractivity (Wildman–Crippen MR) is 81.3 cm³/mol. The average molecular weight is 281 g/mol. The zero-order valence-corrected chi connectivity index (χ0v) is 12.9. The fourth-order valence-corrected chi connectivity index (χ4v) is 2.00. The molecule has 4 nitrogen and oxygen atoms in total. The third-order valence-corrected chi connectivity index (χ3v) is 3.02. The van der Waals surface area contributed by atoms with Crippen LogP contribution in [0.15, 0.2) is 24.3 Å². The van der Waals surface area contributed by atoms with Gasteiger partial charge in [0.1, 0.15) is 12.4 Å². The first-order chi connectivity index (χ1) is 9.79. The quantitative estimate of drug-likeness (QED) is 0.633. The van der Waals surface area contributed by atoms with Crippen molar-refractivity contribution < 1.29 is 14.2 Å². The molecule has 0 heterocycles. The Labute approximate surface area is 122 Å². The summed E-state index contributed by atoms with van der Waals surface area (Å²) in [5.74, 6) is 0.932. The molecule has 0 saturated heterocycles. The molecular formula is C16H27NO3. The first kappa shape index (κ1) is 17.0. The molecule has 1 aromatic carbocycles. The van der Waals surface area contributed by atoms with Crippen molar-refractivity contribution in [3.05, 3.63) is 29.8 Å². The molecule has 114 valence electrons. The van der Waals surface area contributed by atoms with Gasteiger partial charge in [-0.3, -0.25) is 0 Å². The largest absolute Gasteiger partial charge is 0.491 e. The molecule has 0 saturated carbocycles. The van der Waals surface area contributed by atoms with E-state index in [1.807, 2.05) is 18.2 Å². The molecule has 0 radical (unpaired) electrons. The van der Waals surface area contributed by atoms with E-state index >= 15 is 0 Å². The molecule has 0 aliphatic heterocycles. The van der Waals surface area contributed by atoms with E-state index in [2.05, 4.69) is 25.2 Å². The monoisotopic (exact) mass is 281 g/mol. The van der Waals surface area contributed by atoms with Crippen molar-refractivity contribution in [2.45, 2.75) is 26.3 Å². The van der Waals surface area contributed by atoms with Gasteiger partial charge in [-0.2, -0.15) is 0 Å². The van der Waals surface area contributed by atoms with Crippen molar-refractivity contribution in [3.63, 3.8) is 0 Å². The number of benzene rings is 1. The van der Waals surface area contributed by atoms with Crippen LogP contribution in [-0.4, -0.2) is 40.1 Å². The molecule has 0 spiro atoms. The summed E-state index contributed by atoms with van der Waals surface area (Å²) in [5.41, 5.74) is 1.19. The van der Waals surface area contributed by atoms with E-state index < -0.39 is 0 Å². The Hall–Kier alpha value is -1.10.